The lowest BCUT2D eigenvalue weighted by molar-refractivity contribution is 0.514. The van der Waals surface area contributed by atoms with Crippen molar-refractivity contribution in [1.29, 1.82) is 0 Å². The first kappa shape index (κ1) is 15.3. The molecule has 0 radical (unpaired) electrons. The summed E-state index contributed by atoms with van der Waals surface area (Å²) in [7, 11) is 0. The first-order valence-corrected chi connectivity index (χ1v) is 9.02. The van der Waals surface area contributed by atoms with Gasteiger partial charge in [-0.3, -0.25) is 4.99 Å². The summed E-state index contributed by atoms with van der Waals surface area (Å²) >= 11 is 1.66. The summed E-state index contributed by atoms with van der Waals surface area (Å²) in [5.41, 5.74) is 13.0. The van der Waals surface area contributed by atoms with E-state index in [1.165, 1.54) is 16.7 Å². The number of nitrogens with zero attached hydrogens (tertiary/aromatic N) is 2. The van der Waals surface area contributed by atoms with Crippen LogP contribution in [-0.4, -0.2) is 16.2 Å². The number of thiophene rings is 1. The monoisotopic (exact) mass is 335 g/mol. The average Bonchev–Trinajstić information content (AvgIpc) is 2.82. The van der Waals surface area contributed by atoms with Crippen LogP contribution in [-0.2, 0) is 6.42 Å². The first-order valence-electron chi connectivity index (χ1n) is 8.20. The van der Waals surface area contributed by atoms with E-state index >= 15 is 0 Å². The lowest BCUT2D eigenvalue weighted by atomic mass is 9.86. The van der Waals surface area contributed by atoms with Crippen LogP contribution < -0.4 is 5.73 Å². The highest BCUT2D eigenvalue weighted by Gasteiger charge is 2.29. The Kier molecular flexibility index (Phi) is 3.29. The topological polar surface area (TPSA) is 51.3 Å². The Morgan fingerprint density at radius 3 is 2.71 bits per heavy atom. The summed E-state index contributed by atoms with van der Waals surface area (Å²) in [5.74, 6) is 0. The van der Waals surface area contributed by atoms with E-state index in [0.717, 1.165) is 38.6 Å². The third-order valence-electron chi connectivity index (χ3n) is 4.55. The van der Waals surface area contributed by atoms with Gasteiger partial charge in [0.1, 0.15) is 4.83 Å². The third-order valence-corrected chi connectivity index (χ3v) is 5.66. The fourth-order valence-electron chi connectivity index (χ4n) is 3.59. The number of rotatable bonds is 1. The van der Waals surface area contributed by atoms with Crippen molar-refractivity contribution in [1.82, 2.24) is 4.98 Å². The number of nitrogen functional groups attached to an aromatic ring is 1. The number of fused-ring (bicyclic) bond motifs is 2. The molecule has 0 aliphatic carbocycles. The molecule has 3 heterocycles. The zero-order chi connectivity index (χ0) is 17.1. The van der Waals surface area contributed by atoms with E-state index in [1.54, 1.807) is 11.3 Å². The predicted octanol–water partition coefficient (Wildman–Crippen LogP) is 4.67. The number of benzene rings is 1. The summed E-state index contributed by atoms with van der Waals surface area (Å²) in [6.45, 7) is 8.49. The predicted molar refractivity (Wildman–Crippen MR) is 103 cm³/mol. The van der Waals surface area contributed by atoms with Crippen molar-refractivity contribution >= 4 is 33.0 Å². The highest BCUT2D eigenvalue weighted by atomic mass is 32.1. The number of aryl methyl sites for hydroxylation is 2. The number of aliphatic imine (C=N–C) groups is 1. The Morgan fingerprint density at radius 1 is 1.17 bits per heavy atom. The molecule has 122 valence electrons. The second-order valence-corrected chi connectivity index (χ2v) is 8.21. The van der Waals surface area contributed by atoms with Gasteiger partial charge in [0.05, 0.1) is 21.8 Å². The fourth-order valence-corrected chi connectivity index (χ4v) is 4.81. The molecule has 0 fully saturated rings. The summed E-state index contributed by atoms with van der Waals surface area (Å²) in [5, 5.41) is 1.07. The highest BCUT2D eigenvalue weighted by Crippen LogP contribution is 2.39. The van der Waals surface area contributed by atoms with E-state index in [-0.39, 0.29) is 5.54 Å². The van der Waals surface area contributed by atoms with Gasteiger partial charge < -0.3 is 5.73 Å². The van der Waals surface area contributed by atoms with E-state index in [1.807, 2.05) is 6.92 Å². The molecule has 24 heavy (non-hydrogen) atoms. The molecule has 0 unspecified atom stereocenters. The SMILES string of the molecule is Cc1cc(C)c2c(N)c(C3=NC(C)(C)Cc4ccccc43)sc2n1. The number of nitrogens with two attached hydrogens (primary N) is 1. The van der Waals surface area contributed by atoms with Crippen LogP contribution in [0.2, 0.25) is 0 Å². The van der Waals surface area contributed by atoms with E-state index in [2.05, 4.69) is 56.1 Å². The smallest absolute Gasteiger partial charge is 0.126 e. The summed E-state index contributed by atoms with van der Waals surface area (Å²) in [4.78, 5) is 11.8. The largest absolute Gasteiger partial charge is 0.397 e. The van der Waals surface area contributed by atoms with Gasteiger partial charge in [-0.05, 0) is 51.3 Å². The minimum absolute atomic E-state index is 0.120. The van der Waals surface area contributed by atoms with Crippen LogP contribution in [0.25, 0.3) is 10.2 Å². The van der Waals surface area contributed by atoms with Gasteiger partial charge in [-0.15, -0.1) is 11.3 Å². The maximum atomic E-state index is 6.56. The molecule has 0 bridgehead atoms. The number of hydrogen-bond acceptors (Lipinski definition) is 4. The first-order chi connectivity index (χ1) is 11.4. The molecular formula is C20H21N3S. The van der Waals surface area contributed by atoms with Gasteiger partial charge >= 0.3 is 0 Å². The van der Waals surface area contributed by atoms with Gasteiger partial charge in [0.2, 0.25) is 0 Å². The average molecular weight is 335 g/mol. The molecule has 1 aromatic carbocycles. The van der Waals surface area contributed by atoms with E-state index in [0.29, 0.717) is 0 Å². The molecule has 2 aromatic heterocycles. The quantitative estimate of drug-likeness (QED) is 0.703. The normalized spacial score (nSPS) is 16.1. The van der Waals surface area contributed by atoms with Gasteiger partial charge in [0.15, 0.2) is 0 Å². The molecule has 0 atom stereocenters. The molecule has 0 saturated heterocycles. The van der Waals surface area contributed by atoms with Crippen molar-refractivity contribution in [3.63, 3.8) is 0 Å². The maximum Gasteiger partial charge on any atom is 0.126 e. The van der Waals surface area contributed by atoms with Gasteiger partial charge in [-0.25, -0.2) is 4.98 Å². The van der Waals surface area contributed by atoms with Crippen molar-refractivity contribution < 1.29 is 0 Å². The summed E-state index contributed by atoms with van der Waals surface area (Å²) < 4.78 is 0. The molecule has 1 aliphatic rings. The van der Waals surface area contributed by atoms with Crippen molar-refractivity contribution in [3.8, 4) is 0 Å². The number of hydrogen-bond donors (Lipinski definition) is 1. The standard InChI is InChI=1S/C20H21N3S/c1-11-9-12(2)22-19-15(11)16(21)18(24-19)17-14-8-6-5-7-13(14)10-20(3,4)23-17/h5-9H,10,21H2,1-4H3. The van der Waals surface area contributed by atoms with Crippen LogP contribution in [0.3, 0.4) is 0 Å². The second-order valence-electron chi connectivity index (χ2n) is 7.21. The molecule has 3 nitrogen and oxygen atoms in total. The van der Waals surface area contributed by atoms with Crippen LogP contribution in [0, 0.1) is 13.8 Å². The molecule has 2 N–H and O–H groups in total. The van der Waals surface area contributed by atoms with Crippen molar-refractivity contribution in [2.24, 2.45) is 4.99 Å². The Balaban J connectivity index is 2.02. The van der Waals surface area contributed by atoms with Gasteiger partial charge in [-0.2, -0.15) is 0 Å². The second kappa shape index (κ2) is 5.15. The van der Waals surface area contributed by atoms with E-state index in [9.17, 15) is 0 Å². The van der Waals surface area contributed by atoms with Crippen LogP contribution in [0.15, 0.2) is 35.3 Å². The maximum absolute atomic E-state index is 6.56. The lowest BCUT2D eigenvalue weighted by Crippen LogP contribution is -2.29. The molecule has 0 saturated carbocycles. The van der Waals surface area contributed by atoms with Gasteiger partial charge in [0, 0.05) is 16.6 Å². The Labute approximate surface area is 146 Å². The van der Waals surface area contributed by atoms with Crippen LogP contribution in [0.5, 0.6) is 0 Å². The summed E-state index contributed by atoms with van der Waals surface area (Å²) in [6, 6.07) is 10.6. The zero-order valence-electron chi connectivity index (χ0n) is 14.5. The van der Waals surface area contributed by atoms with E-state index in [4.69, 9.17) is 10.7 Å². The Bertz CT molecular complexity index is 996. The van der Waals surface area contributed by atoms with Crippen molar-refractivity contribution in [2.75, 3.05) is 5.73 Å². The highest BCUT2D eigenvalue weighted by molar-refractivity contribution is 7.21. The number of anilines is 1. The molecule has 1 aliphatic heterocycles. The minimum atomic E-state index is -0.120. The summed E-state index contributed by atoms with van der Waals surface area (Å²) in [6.07, 6.45) is 0.952. The van der Waals surface area contributed by atoms with E-state index < -0.39 is 0 Å². The zero-order valence-corrected chi connectivity index (χ0v) is 15.3. The fraction of sp³-hybridized carbons (Fsp3) is 0.300. The number of aromatic nitrogens is 1. The Morgan fingerprint density at radius 2 is 1.92 bits per heavy atom. The van der Waals surface area contributed by atoms with Crippen LogP contribution >= 0.6 is 11.3 Å². The molecular weight excluding hydrogens is 314 g/mol. The van der Waals surface area contributed by atoms with Crippen molar-refractivity contribution in [2.45, 2.75) is 39.7 Å². The van der Waals surface area contributed by atoms with Gasteiger partial charge in [-0.1, -0.05) is 24.3 Å². The molecule has 4 rings (SSSR count). The van der Waals surface area contributed by atoms with Gasteiger partial charge in [0.25, 0.3) is 0 Å². The van der Waals surface area contributed by atoms with Crippen LogP contribution in [0.4, 0.5) is 5.69 Å². The molecule has 0 spiro atoms. The lowest BCUT2D eigenvalue weighted by Gasteiger charge is -2.28. The Hall–Kier alpha value is -2.20. The minimum Gasteiger partial charge on any atom is -0.397 e. The molecule has 4 heteroatoms. The van der Waals surface area contributed by atoms with Crippen LogP contribution in [0.1, 0.15) is 41.1 Å². The molecule has 0 amide bonds. The molecule has 3 aromatic rings. The number of pyridine rings is 1. The van der Waals surface area contributed by atoms with Crippen molar-refractivity contribution in [3.05, 3.63) is 57.6 Å². The third kappa shape index (κ3) is 2.33.